The Morgan fingerprint density at radius 1 is 1.29 bits per heavy atom. The Kier molecular flexibility index (Phi) is 3.59. The number of hydrogen-bond acceptors (Lipinski definition) is 4. The fourth-order valence-electron chi connectivity index (χ4n) is 3.76. The van der Waals surface area contributed by atoms with Gasteiger partial charge in [0.05, 0.1) is 12.2 Å². The van der Waals surface area contributed by atoms with E-state index in [9.17, 15) is 9.59 Å². The van der Waals surface area contributed by atoms with Crippen LogP contribution in [-0.4, -0.2) is 40.3 Å². The molecule has 2 aromatic rings. The molecule has 1 N–H and O–H groups in total. The number of hydrogen-bond donors (Lipinski definition) is 1. The van der Waals surface area contributed by atoms with Crippen molar-refractivity contribution < 1.29 is 14.0 Å². The van der Waals surface area contributed by atoms with Gasteiger partial charge in [-0.2, -0.15) is 0 Å². The largest absolute Gasteiger partial charge is 0.459 e. The predicted octanol–water partition coefficient (Wildman–Crippen LogP) is 1.95. The quantitative estimate of drug-likeness (QED) is 0.916. The predicted molar refractivity (Wildman–Crippen MR) is 86.3 cm³/mol. The molecule has 0 aliphatic carbocycles. The third-order valence-electron chi connectivity index (χ3n) is 5.13. The molecule has 6 heteroatoms. The number of aromatic nitrogens is 1. The summed E-state index contributed by atoms with van der Waals surface area (Å²) in [5.74, 6) is 0.206. The number of carbonyl (C=O) groups is 2. The van der Waals surface area contributed by atoms with Crippen molar-refractivity contribution in [1.29, 1.82) is 0 Å². The molecule has 2 aromatic heterocycles. The maximum absolute atomic E-state index is 12.4. The van der Waals surface area contributed by atoms with Gasteiger partial charge in [-0.15, -0.1) is 0 Å². The summed E-state index contributed by atoms with van der Waals surface area (Å²) in [5.41, 5.74) is 0.748. The van der Waals surface area contributed by atoms with E-state index in [1.165, 1.54) is 6.26 Å². The van der Waals surface area contributed by atoms with Crippen molar-refractivity contribution in [1.82, 2.24) is 15.2 Å². The van der Waals surface area contributed by atoms with E-state index in [2.05, 4.69) is 10.3 Å². The van der Waals surface area contributed by atoms with Crippen molar-refractivity contribution in [3.8, 4) is 0 Å². The Morgan fingerprint density at radius 2 is 2.12 bits per heavy atom. The van der Waals surface area contributed by atoms with Crippen LogP contribution in [0.25, 0.3) is 0 Å². The zero-order valence-corrected chi connectivity index (χ0v) is 13.3. The highest BCUT2D eigenvalue weighted by molar-refractivity contribution is 5.91. The minimum absolute atomic E-state index is 0.0637. The molecule has 2 fully saturated rings. The fraction of sp³-hybridized carbons (Fsp3) is 0.389. The van der Waals surface area contributed by atoms with Crippen LogP contribution in [0.4, 0.5) is 0 Å². The molecule has 0 saturated carbocycles. The van der Waals surface area contributed by atoms with Crippen LogP contribution in [0.3, 0.4) is 0 Å². The molecule has 0 unspecified atom stereocenters. The molecule has 0 radical (unpaired) electrons. The number of likely N-dealkylation sites (tertiary alicyclic amines) is 1. The van der Waals surface area contributed by atoms with Gasteiger partial charge in [-0.3, -0.25) is 14.6 Å². The van der Waals surface area contributed by atoms with Crippen LogP contribution in [0.2, 0.25) is 0 Å². The van der Waals surface area contributed by atoms with Gasteiger partial charge in [0.15, 0.2) is 5.76 Å². The van der Waals surface area contributed by atoms with Crippen LogP contribution in [-0.2, 0) is 4.79 Å². The molecule has 2 amide bonds. The van der Waals surface area contributed by atoms with Gasteiger partial charge in [0.25, 0.3) is 5.91 Å². The zero-order valence-electron chi connectivity index (χ0n) is 13.3. The van der Waals surface area contributed by atoms with E-state index in [-0.39, 0.29) is 23.3 Å². The number of carbonyl (C=O) groups excluding carboxylic acids is 2. The minimum Gasteiger partial charge on any atom is -0.459 e. The van der Waals surface area contributed by atoms with Crippen molar-refractivity contribution >= 4 is 11.8 Å². The monoisotopic (exact) mass is 325 g/mol. The van der Waals surface area contributed by atoms with Crippen LogP contribution in [0, 0.1) is 0 Å². The molecule has 0 bridgehead atoms. The first-order chi connectivity index (χ1) is 11.7. The molecular weight excluding hydrogens is 306 g/mol. The molecule has 1 spiro atoms. The molecule has 6 nitrogen and oxygen atoms in total. The highest BCUT2D eigenvalue weighted by Crippen LogP contribution is 2.39. The van der Waals surface area contributed by atoms with E-state index in [1.54, 1.807) is 29.4 Å². The molecule has 4 heterocycles. The topological polar surface area (TPSA) is 75.4 Å². The number of piperidine rings is 1. The minimum atomic E-state index is -0.211. The van der Waals surface area contributed by atoms with E-state index in [4.69, 9.17) is 4.42 Å². The molecule has 24 heavy (non-hydrogen) atoms. The van der Waals surface area contributed by atoms with Crippen molar-refractivity contribution in [3.63, 3.8) is 0 Å². The first-order valence-electron chi connectivity index (χ1n) is 8.22. The summed E-state index contributed by atoms with van der Waals surface area (Å²) < 4.78 is 5.19. The van der Waals surface area contributed by atoms with Crippen LogP contribution in [0.5, 0.6) is 0 Å². The van der Waals surface area contributed by atoms with E-state index in [1.807, 2.05) is 12.1 Å². The smallest absolute Gasteiger partial charge is 0.289 e. The van der Waals surface area contributed by atoms with Crippen LogP contribution in [0.1, 0.15) is 41.3 Å². The zero-order chi connectivity index (χ0) is 16.6. The third-order valence-corrected chi connectivity index (χ3v) is 5.13. The number of amides is 2. The van der Waals surface area contributed by atoms with Crippen LogP contribution in [0.15, 0.2) is 47.3 Å². The van der Waals surface area contributed by atoms with Gasteiger partial charge >= 0.3 is 0 Å². The number of nitrogens with one attached hydrogen (secondary N) is 1. The van der Waals surface area contributed by atoms with Gasteiger partial charge in [0, 0.05) is 31.0 Å². The molecular formula is C18H19N3O3. The Bertz CT molecular complexity index is 734. The molecule has 124 valence electrons. The summed E-state index contributed by atoms with van der Waals surface area (Å²) in [5, 5.41) is 3.18. The average molecular weight is 325 g/mol. The summed E-state index contributed by atoms with van der Waals surface area (Å²) in [6.45, 7) is 1.25. The van der Waals surface area contributed by atoms with Gasteiger partial charge in [-0.1, -0.05) is 6.07 Å². The highest BCUT2D eigenvalue weighted by Gasteiger charge is 2.46. The maximum Gasteiger partial charge on any atom is 0.289 e. The second kappa shape index (κ2) is 5.78. The maximum atomic E-state index is 12.4. The first kappa shape index (κ1) is 14.9. The Balaban J connectivity index is 1.44. The Labute approximate surface area is 139 Å². The lowest BCUT2D eigenvalue weighted by atomic mass is 9.82. The number of nitrogens with zero attached hydrogens (tertiary/aromatic N) is 2. The van der Waals surface area contributed by atoms with Gasteiger partial charge < -0.3 is 14.6 Å². The normalized spacial score (nSPS) is 22.6. The lowest BCUT2D eigenvalue weighted by Gasteiger charge is -2.39. The van der Waals surface area contributed by atoms with E-state index >= 15 is 0 Å². The fourth-order valence-corrected chi connectivity index (χ4v) is 3.76. The third kappa shape index (κ3) is 2.58. The van der Waals surface area contributed by atoms with Crippen molar-refractivity contribution in [2.45, 2.75) is 30.7 Å². The van der Waals surface area contributed by atoms with Crippen LogP contribution >= 0.6 is 0 Å². The van der Waals surface area contributed by atoms with Crippen molar-refractivity contribution in [2.75, 3.05) is 13.1 Å². The number of furan rings is 1. The second-order valence-electron chi connectivity index (χ2n) is 6.58. The highest BCUT2D eigenvalue weighted by atomic mass is 16.3. The average Bonchev–Trinajstić information content (AvgIpc) is 3.25. The number of rotatable bonds is 2. The molecule has 1 atom stereocenters. The summed E-state index contributed by atoms with van der Waals surface area (Å²) in [7, 11) is 0. The van der Waals surface area contributed by atoms with Crippen molar-refractivity contribution in [2.24, 2.45) is 0 Å². The molecule has 0 aromatic carbocycles. The summed E-state index contributed by atoms with van der Waals surface area (Å²) in [6.07, 6.45) is 7.28. The van der Waals surface area contributed by atoms with Gasteiger partial charge in [0.2, 0.25) is 5.91 Å². The molecule has 2 aliphatic rings. The van der Waals surface area contributed by atoms with Crippen molar-refractivity contribution in [3.05, 3.63) is 54.2 Å². The second-order valence-corrected chi connectivity index (χ2v) is 6.58. The summed E-state index contributed by atoms with van der Waals surface area (Å²) >= 11 is 0. The molecule has 2 aliphatic heterocycles. The SMILES string of the molecule is O=C1NC2(CCN(C(=O)c3ccco3)CC2)C[C@H]1c1cccnc1. The Hall–Kier alpha value is -2.63. The number of pyridine rings is 1. The van der Waals surface area contributed by atoms with E-state index in [0.717, 1.165) is 24.8 Å². The van der Waals surface area contributed by atoms with E-state index in [0.29, 0.717) is 18.8 Å². The standard InChI is InChI=1S/C18H19N3O3/c22-16-14(13-3-1-7-19-12-13)11-18(20-16)5-8-21(9-6-18)17(23)15-4-2-10-24-15/h1-4,7,10,12,14H,5-6,8-9,11H2,(H,20,22)/t14-/m0/s1. The van der Waals surface area contributed by atoms with Crippen LogP contribution < -0.4 is 5.32 Å². The van der Waals surface area contributed by atoms with Gasteiger partial charge in [-0.25, -0.2) is 0 Å². The molecule has 2 saturated heterocycles. The summed E-state index contributed by atoms with van der Waals surface area (Å²) in [4.78, 5) is 30.7. The van der Waals surface area contributed by atoms with E-state index < -0.39 is 0 Å². The molecule has 4 rings (SSSR count). The lowest BCUT2D eigenvalue weighted by Crippen LogP contribution is -2.52. The Morgan fingerprint density at radius 3 is 2.79 bits per heavy atom. The lowest BCUT2D eigenvalue weighted by molar-refractivity contribution is -0.121. The van der Waals surface area contributed by atoms with Gasteiger partial charge in [-0.05, 0) is 43.0 Å². The first-order valence-corrected chi connectivity index (χ1v) is 8.22. The van der Waals surface area contributed by atoms with Gasteiger partial charge in [0.1, 0.15) is 0 Å². The summed E-state index contributed by atoms with van der Waals surface area (Å²) in [6, 6.07) is 7.21.